The minimum Gasteiger partial charge on any atom is -0.462 e. The van der Waals surface area contributed by atoms with Crippen molar-refractivity contribution in [3.05, 3.63) is 72.9 Å². The van der Waals surface area contributed by atoms with Crippen LogP contribution >= 0.6 is 0 Å². The fraction of sp³-hybridized carbons (Fsp3) is 0.717. The third-order valence-corrected chi connectivity index (χ3v) is 10.3. The van der Waals surface area contributed by atoms with Gasteiger partial charge in [0, 0.05) is 19.3 Å². The molecule has 0 aromatic heterocycles. The Morgan fingerprint density at radius 2 is 0.661 bits per heavy atom. The minimum absolute atomic E-state index is 0.0890. The molecule has 59 heavy (non-hydrogen) atoms. The van der Waals surface area contributed by atoms with E-state index in [9.17, 15) is 14.4 Å². The van der Waals surface area contributed by atoms with Gasteiger partial charge >= 0.3 is 17.9 Å². The number of ether oxygens (including phenoxy) is 3. The molecule has 0 radical (unpaired) electrons. The number of carbonyl (C=O) groups excluding carboxylic acids is 3. The summed E-state index contributed by atoms with van der Waals surface area (Å²) in [5.74, 6) is -0.934. The normalized spacial score (nSPS) is 12.7. The van der Waals surface area contributed by atoms with E-state index >= 15 is 0 Å². The van der Waals surface area contributed by atoms with Gasteiger partial charge in [-0.3, -0.25) is 14.4 Å². The molecule has 0 aromatic rings. The SMILES string of the molecule is CCC\C=C/C=C\C=C/C=C\C=C/CCCCCCCC(=O)OCC(COC(=O)CCCCCCCCCCCC)OC(=O)CCCCC/C=C\CCCCCCCC. The van der Waals surface area contributed by atoms with Gasteiger partial charge in [0.05, 0.1) is 0 Å². The molecule has 1 atom stereocenters. The summed E-state index contributed by atoms with van der Waals surface area (Å²) >= 11 is 0. The zero-order valence-electron chi connectivity index (χ0n) is 38.5. The van der Waals surface area contributed by atoms with E-state index in [1.54, 1.807) is 0 Å². The molecular weight excluding hydrogens is 733 g/mol. The van der Waals surface area contributed by atoms with Crippen molar-refractivity contribution in [2.75, 3.05) is 13.2 Å². The van der Waals surface area contributed by atoms with E-state index in [1.807, 2.05) is 24.3 Å². The molecule has 0 aromatic carbocycles. The van der Waals surface area contributed by atoms with Gasteiger partial charge in [0.15, 0.2) is 6.10 Å². The maximum Gasteiger partial charge on any atom is 0.306 e. The Hall–Kier alpha value is -3.15. The first-order valence-electron chi connectivity index (χ1n) is 24.5. The summed E-state index contributed by atoms with van der Waals surface area (Å²) in [6.07, 6.45) is 58.8. The van der Waals surface area contributed by atoms with Crippen molar-refractivity contribution in [2.45, 2.75) is 232 Å². The van der Waals surface area contributed by atoms with Crippen LogP contribution in [0.1, 0.15) is 226 Å². The predicted molar refractivity (Wildman–Crippen MR) is 251 cm³/mol. The number of hydrogen-bond acceptors (Lipinski definition) is 6. The molecule has 1 unspecified atom stereocenters. The molecule has 0 heterocycles. The van der Waals surface area contributed by atoms with E-state index in [0.29, 0.717) is 19.3 Å². The van der Waals surface area contributed by atoms with Crippen LogP contribution in [0.4, 0.5) is 0 Å². The lowest BCUT2D eigenvalue weighted by molar-refractivity contribution is -0.167. The second-order valence-electron chi connectivity index (χ2n) is 16.1. The van der Waals surface area contributed by atoms with Crippen molar-refractivity contribution >= 4 is 17.9 Å². The van der Waals surface area contributed by atoms with Crippen LogP contribution in [-0.4, -0.2) is 37.2 Å². The number of unbranched alkanes of at least 4 members (excludes halogenated alkanes) is 24. The van der Waals surface area contributed by atoms with Crippen LogP contribution in [0.3, 0.4) is 0 Å². The highest BCUT2D eigenvalue weighted by Gasteiger charge is 2.19. The van der Waals surface area contributed by atoms with Crippen LogP contribution in [0.25, 0.3) is 0 Å². The van der Waals surface area contributed by atoms with Crippen LogP contribution in [0.5, 0.6) is 0 Å². The van der Waals surface area contributed by atoms with Gasteiger partial charge in [-0.25, -0.2) is 0 Å². The molecule has 0 rings (SSSR count). The van der Waals surface area contributed by atoms with Gasteiger partial charge in [-0.1, -0.05) is 216 Å². The third kappa shape index (κ3) is 45.8. The molecule has 0 saturated carbocycles. The summed E-state index contributed by atoms with van der Waals surface area (Å²) in [4.78, 5) is 37.8. The Kier molecular flexibility index (Phi) is 45.0. The van der Waals surface area contributed by atoms with Gasteiger partial charge in [0.2, 0.25) is 0 Å². The van der Waals surface area contributed by atoms with Gasteiger partial charge in [-0.15, -0.1) is 0 Å². The topological polar surface area (TPSA) is 78.9 Å². The summed E-state index contributed by atoms with van der Waals surface area (Å²) in [5, 5.41) is 0. The van der Waals surface area contributed by atoms with Crippen LogP contribution in [0.15, 0.2) is 72.9 Å². The van der Waals surface area contributed by atoms with Crippen LogP contribution in [0.2, 0.25) is 0 Å². The molecule has 0 aliphatic carbocycles. The van der Waals surface area contributed by atoms with Gasteiger partial charge in [0.25, 0.3) is 0 Å². The van der Waals surface area contributed by atoms with Crippen molar-refractivity contribution in [3.8, 4) is 0 Å². The molecule has 0 N–H and O–H groups in total. The number of carbonyl (C=O) groups is 3. The summed E-state index contributed by atoms with van der Waals surface area (Å²) in [5.41, 5.74) is 0. The van der Waals surface area contributed by atoms with Crippen molar-refractivity contribution < 1.29 is 28.6 Å². The summed E-state index contributed by atoms with van der Waals surface area (Å²) in [6.45, 7) is 6.49. The Balaban J connectivity index is 4.43. The van der Waals surface area contributed by atoms with Crippen molar-refractivity contribution in [1.29, 1.82) is 0 Å². The third-order valence-electron chi connectivity index (χ3n) is 10.3. The zero-order valence-corrected chi connectivity index (χ0v) is 38.5. The van der Waals surface area contributed by atoms with E-state index in [2.05, 4.69) is 69.4 Å². The smallest absolute Gasteiger partial charge is 0.306 e. The molecule has 6 heteroatoms. The molecule has 0 amide bonds. The maximum atomic E-state index is 12.7. The van der Waals surface area contributed by atoms with E-state index in [1.165, 1.54) is 89.9 Å². The number of hydrogen-bond donors (Lipinski definition) is 0. The van der Waals surface area contributed by atoms with Crippen LogP contribution < -0.4 is 0 Å². The van der Waals surface area contributed by atoms with E-state index < -0.39 is 6.10 Å². The molecule has 0 saturated heterocycles. The number of esters is 3. The molecule has 338 valence electrons. The fourth-order valence-electron chi connectivity index (χ4n) is 6.58. The van der Waals surface area contributed by atoms with E-state index in [0.717, 1.165) is 96.3 Å². The molecular formula is C53H90O6. The monoisotopic (exact) mass is 823 g/mol. The number of allylic oxidation sites excluding steroid dienone is 12. The van der Waals surface area contributed by atoms with E-state index in [4.69, 9.17) is 14.2 Å². The minimum atomic E-state index is -0.790. The molecule has 0 fully saturated rings. The standard InChI is InChI=1S/C53H90O6/c1-4-7-10-13-16-19-22-24-25-26-27-28-30-31-34-37-40-43-46-52(55)58-49-50(48-57-51(54)45-42-39-36-33-21-18-15-12-9-6-3)59-53(56)47-44-41-38-35-32-29-23-20-17-14-11-8-5-2/h10,13,16,19,22,24-29,32,50H,4-9,11-12,14-15,17-18,20-21,23,30-31,33-49H2,1-3H3/b13-10-,19-16-,24-22-,26-25-,28-27-,32-29-. The first-order chi connectivity index (χ1) is 29.0. The summed E-state index contributed by atoms with van der Waals surface area (Å²) in [6, 6.07) is 0. The molecule has 0 bridgehead atoms. The Morgan fingerprint density at radius 3 is 1.08 bits per heavy atom. The van der Waals surface area contributed by atoms with Gasteiger partial charge in [-0.2, -0.15) is 0 Å². The first-order valence-corrected chi connectivity index (χ1v) is 24.5. The lowest BCUT2D eigenvalue weighted by Crippen LogP contribution is -2.30. The maximum absolute atomic E-state index is 12.7. The molecule has 0 aliphatic rings. The van der Waals surface area contributed by atoms with Gasteiger partial charge in [-0.05, 0) is 64.2 Å². The Morgan fingerprint density at radius 1 is 0.339 bits per heavy atom. The Bertz CT molecular complexity index is 1130. The van der Waals surface area contributed by atoms with Crippen molar-refractivity contribution in [3.63, 3.8) is 0 Å². The fourth-order valence-corrected chi connectivity index (χ4v) is 6.58. The highest BCUT2D eigenvalue weighted by molar-refractivity contribution is 5.71. The van der Waals surface area contributed by atoms with E-state index in [-0.39, 0.29) is 31.1 Å². The first kappa shape index (κ1) is 55.9. The summed E-state index contributed by atoms with van der Waals surface area (Å²) in [7, 11) is 0. The van der Waals surface area contributed by atoms with Crippen LogP contribution in [0, 0.1) is 0 Å². The molecule has 6 nitrogen and oxygen atoms in total. The lowest BCUT2D eigenvalue weighted by atomic mass is 10.1. The second kappa shape index (κ2) is 47.5. The van der Waals surface area contributed by atoms with Crippen molar-refractivity contribution in [1.82, 2.24) is 0 Å². The molecule has 0 aliphatic heterocycles. The summed E-state index contributed by atoms with van der Waals surface area (Å²) < 4.78 is 16.7. The highest BCUT2D eigenvalue weighted by atomic mass is 16.6. The predicted octanol–water partition coefficient (Wildman–Crippen LogP) is 15.9. The second-order valence-corrected chi connectivity index (χ2v) is 16.1. The molecule has 0 spiro atoms. The van der Waals surface area contributed by atoms with Gasteiger partial charge < -0.3 is 14.2 Å². The van der Waals surface area contributed by atoms with Crippen LogP contribution in [-0.2, 0) is 28.6 Å². The number of rotatable bonds is 43. The highest BCUT2D eigenvalue weighted by Crippen LogP contribution is 2.14. The average Bonchev–Trinajstić information content (AvgIpc) is 3.23. The van der Waals surface area contributed by atoms with Crippen molar-refractivity contribution in [2.24, 2.45) is 0 Å². The van der Waals surface area contributed by atoms with Gasteiger partial charge in [0.1, 0.15) is 13.2 Å². The Labute approximate surface area is 363 Å². The zero-order chi connectivity index (χ0) is 43.0. The quantitative estimate of drug-likeness (QED) is 0.0200. The lowest BCUT2D eigenvalue weighted by Gasteiger charge is -2.18. The average molecular weight is 823 g/mol. The largest absolute Gasteiger partial charge is 0.462 e.